The van der Waals surface area contributed by atoms with E-state index in [0.29, 0.717) is 6.54 Å². The van der Waals surface area contributed by atoms with Gasteiger partial charge in [-0.3, -0.25) is 4.79 Å². The van der Waals surface area contributed by atoms with Crippen molar-refractivity contribution in [1.29, 1.82) is 0 Å². The zero-order chi connectivity index (χ0) is 21.1. The highest BCUT2D eigenvalue weighted by Crippen LogP contribution is 2.51. The molecule has 0 saturated carbocycles. The Morgan fingerprint density at radius 3 is 2.19 bits per heavy atom. The second-order valence-electron chi connectivity index (χ2n) is 8.68. The number of ether oxygens (including phenoxy) is 1. The van der Waals surface area contributed by atoms with Gasteiger partial charge in [-0.1, -0.05) is 78.9 Å². The smallest absolute Gasteiger partial charge is 0.235 e. The largest absolute Gasteiger partial charge is 0.376 e. The number of nitrogens with one attached hydrogen (secondary N) is 1. The van der Waals surface area contributed by atoms with E-state index in [-0.39, 0.29) is 12.0 Å². The van der Waals surface area contributed by atoms with Crippen LogP contribution in [0.25, 0.3) is 11.1 Å². The van der Waals surface area contributed by atoms with Crippen molar-refractivity contribution >= 4 is 5.91 Å². The minimum absolute atomic E-state index is 0.105. The van der Waals surface area contributed by atoms with Crippen LogP contribution >= 0.6 is 0 Å². The number of hydrogen-bond donors (Lipinski definition) is 1. The molecule has 0 bridgehead atoms. The van der Waals surface area contributed by atoms with Crippen molar-refractivity contribution in [3.63, 3.8) is 0 Å². The van der Waals surface area contributed by atoms with E-state index >= 15 is 0 Å². The Morgan fingerprint density at radius 2 is 1.55 bits per heavy atom. The molecule has 1 saturated heterocycles. The Hall–Kier alpha value is -2.91. The highest BCUT2D eigenvalue weighted by molar-refractivity contribution is 6.00. The predicted molar refractivity (Wildman–Crippen MR) is 124 cm³/mol. The molecule has 1 heterocycles. The van der Waals surface area contributed by atoms with Gasteiger partial charge in [0.05, 0.1) is 6.10 Å². The van der Waals surface area contributed by atoms with E-state index in [1.54, 1.807) is 0 Å². The van der Waals surface area contributed by atoms with E-state index in [1.807, 2.05) is 6.07 Å². The maximum atomic E-state index is 13.9. The van der Waals surface area contributed by atoms with Crippen LogP contribution in [0, 0.1) is 0 Å². The van der Waals surface area contributed by atoms with E-state index < -0.39 is 5.41 Å². The lowest BCUT2D eigenvalue weighted by Gasteiger charge is -2.31. The van der Waals surface area contributed by atoms with Gasteiger partial charge in [-0.05, 0) is 59.9 Å². The van der Waals surface area contributed by atoms with Crippen molar-refractivity contribution < 1.29 is 9.53 Å². The summed E-state index contributed by atoms with van der Waals surface area (Å²) in [4.78, 5) is 13.9. The minimum atomic E-state index is -0.652. The number of hydrogen-bond acceptors (Lipinski definition) is 2. The van der Waals surface area contributed by atoms with Crippen LogP contribution in [0.3, 0.4) is 0 Å². The predicted octanol–water partition coefficient (Wildman–Crippen LogP) is 5.27. The van der Waals surface area contributed by atoms with Gasteiger partial charge in [-0.25, -0.2) is 0 Å². The molecule has 1 N–H and O–H groups in total. The molecule has 1 aliphatic heterocycles. The van der Waals surface area contributed by atoms with Gasteiger partial charge in [0.2, 0.25) is 5.91 Å². The molecule has 3 aromatic rings. The number of carbonyl (C=O) groups is 1. The van der Waals surface area contributed by atoms with E-state index in [4.69, 9.17) is 4.74 Å². The number of aryl methyl sites for hydroxylation is 1. The summed E-state index contributed by atoms with van der Waals surface area (Å²) >= 11 is 0. The molecule has 1 amide bonds. The van der Waals surface area contributed by atoms with Gasteiger partial charge in [-0.2, -0.15) is 0 Å². The number of amides is 1. The number of benzene rings is 3. The van der Waals surface area contributed by atoms with E-state index in [9.17, 15) is 4.79 Å². The fourth-order valence-electron chi connectivity index (χ4n) is 5.32. The van der Waals surface area contributed by atoms with Crippen LogP contribution in [0.1, 0.15) is 42.4 Å². The zero-order valence-corrected chi connectivity index (χ0v) is 17.8. The summed E-state index contributed by atoms with van der Waals surface area (Å²) in [5.74, 6) is 0.105. The second-order valence-corrected chi connectivity index (χ2v) is 8.68. The monoisotopic (exact) mass is 411 g/mol. The molecule has 3 heteroatoms. The first kappa shape index (κ1) is 20.0. The van der Waals surface area contributed by atoms with Gasteiger partial charge < -0.3 is 10.1 Å². The second kappa shape index (κ2) is 8.68. The van der Waals surface area contributed by atoms with Crippen LogP contribution in [-0.4, -0.2) is 25.2 Å². The van der Waals surface area contributed by atoms with Crippen molar-refractivity contribution in [1.82, 2.24) is 5.32 Å². The molecule has 0 aromatic heterocycles. The third kappa shape index (κ3) is 3.68. The highest BCUT2D eigenvalue weighted by Gasteiger charge is 2.48. The first-order chi connectivity index (χ1) is 15.3. The van der Waals surface area contributed by atoms with Crippen LogP contribution in [0.2, 0.25) is 0 Å². The molecular formula is C28H29NO2. The van der Waals surface area contributed by atoms with Gasteiger partial charge >= 0.3 is 0 Å². The van der Waals surface area contributed by atoms with Gasteiger partial charge in [0.25, 0.3) is 0 Å². The van der Waals surface area contributed by atoms with Crippen molar-refractivity contribution in [3.05, 3.63) is 95.6 Å². The van der Waals surface area contributed by atoms with Gasteiger partial charge in [0.15, 0.2) is 0 Å². The molecule has 5 rings (SSSR count). The molecule has 2 aliphatic rings. The van der Waals surface area contributed by atoms with Gasteiger partial charge in [0, 0.05) is 13.2 Å². The fraction of sp³-hybridized carbons (Fsp3) is 0.321. The normalized spacial score (nSPS) is 18.4. The average molecular weight is 412 g/mol. The van der Waals surface area contributed by atoms with Gasteiger partial charge in [-0.15, -0.1) is 0 Å². The molecule has 1 unspecified atom stereocenters. The number of fused-ring (bicyclic) bond motifs is 3. The van der Waals surface area contributed by atoms with Crippen LogP contribution in [0.5, 0.6) is 0 Å². The van der Waals surface area contributed by atoms with Gasteiger partial charge in [0.1, 0.15) is 5.41 Å². The highest BCUT2D eigenvalue weighted by atomic mass is 16.5. The van der Waals surface area contributed by atoms with Crippen molar-refractivity contribution in [2.75, 3.05) is 13.2 Å². The first-order valence-corrected chi connectivity index (χ1v) is 11.4. The molecule has 0 spiro atoms. The lowest BCUT2D eigenvalue weighted by molar-refractivity contribution is -0.126. The molecule has 1 aliphatic carbocycles. The van der Waals surface area contributed by atoms with Crippen molar-refractivity contribution in [3.8, 4) is 11.1 Å². The van der Waals surface area contributed by atoms with E-state index in [2.05, 4.69) is 78.1 Å². The minimum Gasteiger partial charge on any atom is -0.376 e. The summed E-state index contributed by atoms with van der Waals surface area (Å²) in [6.45, 7) is 1.39. The quantitative estimate of drug-likeness (QED) is 0.575. The number of rotatable bonds is 7. The lowest BCUT2D eigenvalue weighted by atomic mass is 9.73. The number of carbonyl (C=O) groups excluding carboxylic acids is 1. The summed E-state index contributed by atoms with van der Waals surface area (Å²) in [6, 6.07) is 27.4. The van der Waals surface area contributed by atoms with Crippen molar-refractivity contribution in [2.24, 2.45) is 0 Å². The van der Waals surface area contributed by atoms with Crippen LogP contribution < -0.4 is 5.32 Å². The summed E-state index contributed by atoms with van der Waals surface area (Å²) in [6.07, 6.45) is 4.93. The average Bonchev–Trinajstić information content (AvgIpc) is 3.44. The summed E-state index contributed by atoms with van der Waals surface area (Å²) in [5, 5.41) is 3.27. The van der Waals surface area contributed by atoms with Crippen molar-refractivity contribution in [2.45, 2.75) is 43.6 Å². The SMILES string of the molecule is O=C(NCC1CCCO1)C1(CCCc2ccccc2)c2ccccc2-c2ccccc21. The van der Waals surface area contributed by atoms with Crippen LogP contribution in [0.15, 0.2) is 78.9 Å². The fourth-order valence-corrected chi connectivity index (χ4v) is 5.32. The Labute approximate surface area is 184 Å². The summed E-state index contributed by atoms with van der Waals surface area (Å²) in [7, 11) is 0. The molecule has 0 radical (unpaired) electrons. The Morgan fingerprint density at radius 1 is 0.903 bits per heavy atom. The van der Waals surface area contributed by atoms with Crippen LogP contribution in [0.4, 0.5) is 0 Å². The molecule has 3 aromatic carbocycles. The summed E-state index contributed by atoms with van der Waals surface area (Å²) in [5.41, 5.74) is 5.30. The maximum absolute atomic E-state index is 13.9. The lowest BCUT2D eigenvalue weighted by Crippen LogP contribution is -2.46. The summed E-state index contributed by atoms with van der Waals surface area (Å²) < 4.78 is 5.76. The van der Waals surface area contributed by atoms with E-state index in [1.165, 1.54) is 16.7 Å². The Bertz CT molecular complexity index is 1010. The topological polar surface area (TPSA) is 38.3 Å². The molecule has 3 nitrogen and oxygen atoms in total. The molecule has 31 heavy (non-hydrogen) atoms. The molecule has 1 fully saturated rings. The molecular weight excluding hydrogens is 382 g/mol. The van der Waals surface area contributed by atoms with E-state index in [0.717, 1.165) is 49.8 Å². The maximum Gasteiger partial charge on any atom is 0.235 e. The Balaban J connectivity index is 1.49. The molecule has 1 atom stereocenters. The third-order valence-electron chi connectivity index (χ3n) is 6.83. The molecule has 158 valence electrons. The Kier molecular flexibility index (Phi) is 5.61. The first-order valence-electron chi connectivity index (χ1n) is 11.4. The van der Waals surface area contributed by atoms with Crippen LogP contribution in [-0.2, 0) is 21.4 Å². The third-order valence-corrected chi connectivity index (χ3v) is 6.83. The zero-order valence-electron chi connectivity index (χ0n) is 17.8. The standard InChI is InChI=1S/C28H29NO2/c30-27(29-20-22-13-9-19-31-22)28(18-8-12-21-10-2-1-3-11-21)25-16-6-4-14-23(25)24-15-5-7-17-26(24)28/h1-7,10-11,14-17,22H,8-9,12-13,18-20H2,(H,29,30).